The van der Waals surface area contributed by atoms with Crippen molar-refractivity contribution in [2.75, 3.05) is 0 Å². The summed E-state index contributed by atoms with van der Waals surface area (Å²) in [5.41, 5.74) is 0. The molecule has 11 heavy (non-hydrogen) atoms. The first-order valence-corrected chi connectivity index (χ1v) is 3.73. The zero-order chi connectivity index (χ0) is 8.48. The molecule has 0 aromatic carbocycles. The van der Waals surface area contributed by atoms with Gasteiger partial charge in [-0.3, -0.25) is 0 Å². The van der Waals surface area contributed by atoms with E-state index in [1.807, 2.05) is 19.1 Å². The van der Waals surface area contributed by atoms with E-state index in [0.717, 1.165) is 0 Å². The van der Waals surface area contributed by atoms with Gasteiger partial charge in [0.05, 0.1) is 5.92 Å². The Kier molecular flexibility index (Phi) is 2.25. The third-order valence-electron chi connectivity index (χ3n) is 2.10. The lowest BCUT2D eigenvalue weighted by molar-refractivity contribution is -0.200. The highest BCUT2D eigenvalue weighted by molar-refractivity contribution is 4.96. The van der Waals surface area contributed by atoms with Crippen molar-refractivity contribution < 1.29 is 13.2 Å². The number of allylic oxidation sites excluding steroid dienone is 2. The first kappa shape index (κ1) is 8.62. The van der Waals surface area contributed by atoms with E-state index >= 15 is 0 Å². The second kappa shape index (κ2) is 2.88. The van der Waals surface area contributed by atoms with Crippen molar-refractivity contribution in [3.8, 4) is 0 Å². The van der Waals surface area contributed by atoms with Gasteiger partial charge in [0.1, 0.15) is 0 Å². The third kappa shape index (κ3) is 1.98. The maximum Gasteiger partial charge on any atom is 0.391 e. The second-order valence-electron chi connectivity index (χ2n) is 3.00. The van der Waals surface area contributed by atoms with Gasteiger partial charge < -0.3 is 0 Å². The monoisotopic (exact) mass is 164 g/mol. The van der Waals surface area contributed by atoms with Crippen LogP contribution in [-0.2, 0) is 0 Å². The van der Waals surface area contributed by atoms with Gasteiger partial charge in [-0.15, -0.1) is 0 Å². The fourth-order valence-electron chi connectivity index (χ4n) is 1.36. The van der Waals surface area contributed by atoms with Gasteiger partial charge in [-0.2, -0.15) is 13.2 Å². The maximum absolute atomic E-state index is 11.9. The number of hydrogen-bond donors (Lipinski definition) is 0. The van der Waals surface area contributed by atoms with Crippen LogP contribution in [0.5, 0.6) is 0 Å². The molecule has 64 valence electrons. The van der Waals surface area contributed by atoms with E-state index in [-0.39, 0.29) is 18.8 Å². The van der Waals surface area contributed by atoms with Crippen LogP contribution >= 0.6 is 0 Å². The molecule has 0 spiro atoms. The Morgan fingerprint density at radius 2 is 1.82 bits per heavy atom. The average molecular weight is 164 g/mol. The van der Waals surface area contributed by atoms with Crippen LogP contribution in [0.15, 0.2) is 12.2 Å². The SMILES string of the molecule is C/C=C/C1CC(C(F)(F)F)C1. The maximum atomic E-state index is 11.9. The molecule has 0 bridgehead atoms. The molecule has 0 nitrogen and oxygen atoms in total. The fraction of sp³-hybridized carbons (Fsp3) is 0.750. The molecule has 1 aliphatic carbocycles. The lowest BCUT2D eigenvalue weighted by Gasteiger charge is -2.34. The minimum atomic E-state index is -3.96. The van der Waals surface area contributed by atoms with Crippen LogP contribution in [0.2, 0.25) is 0 Å². The van der Waals surface area contributed by atoms with Gasteiger partial charge in [0, 0.05) is 0 Å². The first-order valence-electron chi connectivity index (χ1n) is 3.73. The molecule has 0 heterocycles. The fourth-order valence-corrected chi connectivity index (χ4v) is 1.36. The summed E-state index contributed by atoms with van der Waals surface area (Å²) in [4.78, 5) is 0. The third-order valence-corrected chi connectivity index (χ3v) is 2.10. The molecule has 0 atom stereocenters. The number of hydrogen-bond acceptors (Lipinski definition) is 0. The molecule has 3 heteroatoms. The molecule has 0 N–H and O–H groups in total. The predicted octanol–water partition coefficient (Wildman–Crippen LogP) is 3.15. The topological polar surface area (TPSA) is 0 Å². The van der Waals surface area contributed by atoms with E-state index in [4.69, 9.17) is 0 Å². The quantitative estimate of drug-likeness (QED) is 0.522. The zero-order valence-electron chi connectivity index (χ0n) is 6.36. The van der Waals surface area contributed by atoms with Gasteiger partial charge in [0.15, 0.2) is 0 Å². The minimum absolute atomic E-state index is 0.173. The Morgan fingerprint density at radius 3 is 2.18 bits per heavy atom. The molecule has 0 unspecified atom stereocenters. The summed E-state index contributed by atoms with van der Waals surface area (Å²) < 4.78 is 35.7. The first-order chi connectivity index (χ1) is 5.04. The van der Waals surface area contributed by atoms with Crippen LogP contribution in [0.4, 0.5) is 13.2 Å². The molecular formula is C8H11F3. The molecule has 1 rings (SSSR count). The molecule has 1 aliphatic rings. The molecule has 0 amide bonds. The number of rotatable bonds is 1. The van der Waals surface area contributed by atoms with E-state index in [9.17, 15) is 13.2 Å². The smallest absolute Gasteiger partial charge is 0.171 e. The Balaban J connectivity index is 2.30. The van der Waals surface area contributed by atoms with Crippen LogP contribution in [0.1, 0.15) is 19.8 Å². The van der Waals surface area contributed by atoms with Crippen molar-refractivity contribution in [2.24, 2.45) is 11.8 Å². The summed E-state index contributed by atoms with van der Waals surface area (Å²) in [7, 11) is 0. The summed E-state index contributed by atoms with van der Waals surface area (Å²) >= 11 is 0. The highest BCUT2D eigenvalue weighted by Crippen LogP contribution is 2.45. The second-order valence-corrected chi connectivity index (χ2v) is 3.00. The van der Waals surface area contributed by atoms with Gasteiger partial charge in [0.2, 0.25) is 0 Å². The predicted molar refractivity (Wildman–Crippen MR) is 37.1 cm³/mol. The lowest BCUT2D eigenvalue weighted by atomic mass is 9.74. The van der Waals surface area contributed by atoms with Crippen LogP contribution in [0.25, 0.3) is 0 Å². The molecule has 0 saturated heterocycles. The summed E-state index contributed by atoms with van der Waals surface area (Å²) in [6.45, 7) is 1.83. The standard InChI is InChI=1S/C8H11F3/c1-2-3-6-4-7(5-6)8(9,10)11/h2-3,6-7H,4-5H2,1H3/b3-2+. The van der Waals surface area contributed by atoms with Crippen molar-refractivity contribution in [1.29, 1.82) is 0 Å². The van der Waals surface area contributed by atoms with Gasteiger partial charge >= 0.3 is 6.18 Å². The highest BCUT2D eigenvalue weighted by Gasteiger charge is 2.46. The van der Waals surface area contributed by atoms with Crippen molar-refractivity contribution in [2.45, 2.75) is 25.9 Å². The Hall–Kier alpha value is -0.470. The van der Waals surface area contributed by atoms with E-state index in [2.05, 4.69) is 0 Å². The summed E-state index contributed by atoms with van der Waals surface area (Å²) in [5, 5.41) is 0. The molecule has 0 radical (unpaired) electrons. The largest absolute Gasteiger partial charge is 0.391 e. The van der Waals surface area contributed by atoms with Crippen molar-refractivity contribution in [3.05, 3.63) is 12.2 Å². The van der Waals surface area contributed by atoms with Crippen molar-refractivity contribution in [3.63, 3.8) is 0 Å². The van der Waals surface area contributed by atoms with Crippen LogP contribution in [0, 0.1) is 11.8 Å². The van der Waals surface area contributed by atoms with Gasteiger partial charge in [0.25, 0.3) is 0 Å². The zero-order valence-corrected chi connectivity index (χ0v) is 6.36. The van der Waals surface area contributed by atoms with E-state index in [1.54, 1.807) is 0 Å². The Labute approximate surface area is 64.1 Å². The highest BCUT2D eigenvalue weighted by atomic mass is 19.4. The van der Waals surface area contributed by atoms with Gasteiger partial charge in [-0.25, -0.2) is 0 Å². The van der Waals surface area contributed by atoms with Crippen molar-refractivity contribution >= 4 is 0 Å². The van der Waals surface area contributed by atoms with Crippen LogP contribution in [-0.4, -0.2) is 6.18 Å². The number of alkyl halides is 3. The summed E-state index contributed by atoms with van der Waals surface area (Å²) in [5.74, 6) is -0.865. The Morgan fingerprint density at radius 1 is 1.27 bits per heavy atom. The van der Waals surface area contributed by atoms with Gasteiger partial charge in [-0.05, 0) is 25.7 Å². The lowest BCUT2D eigenvalue weighted by Crippen LogP contribution is -2.34. The molecule has 0 aromatic heterocycles. The molecule has 0 aromatic rings. The van der Waals surface area contributed by atoms with E-state index in [0.29, 0.717) is 0 Å². The summed E-state index contributed by atoms with van der Waals surface area (Å²) in [6, 6.07) is 0. The van der Waals surface area contributed by atoms with Crippen LogP contribution in [0.3, 0.4) is 0 Å². The van der Waals surface area contributed by atoms with Crippen molar-refractivity contribution in [1.82, 2.24) is 0 Å². The van der Waals surface area contributed by atoms with E-state index < -0.39 is 12.1 Å². The van der Waals surface area contributed by atoms with Gasteiger partial charge in [-0.1, -0.05) is 12.2 Å². The number of halogens is 3. The minimum Gasteiger partial charge on any atom is -0.171 e. The molecular weight excluding hydrogens is 153 g/mol. The summed E-state index contributed by atoms with van der Waals surface area (Å²) in [6.07, 6.45) is 0.277. The average Bonchev–Trinajstić information content (AvgIpc) is 1.74. The molecule has 0 aliphatic heterocycles. The Bertz CT molecular complexity index is 151. The normalized spacial score (nSPS) is 32.4. The molecule has 1 fully saturated rings. The molecule has 1 saturated carbocycles. The van der Waals surface area contributed by atoms with E-state index in [1.165, 1.54) is 0 Å². The van der Waals surface area contributed by atoms with Crippen LogP contribution < -0.4 is 0 Å².